The van der Waals surface area contributed by atoms with E-state index >= 15 is 0 Å². The lowest BCUT2D eigenvalue weighted by atomic mass is 10.2. The Balaban J connectivity index is 2.02. The van der Waals surface area contributed by atoms with Crippen LogP contribution in [0.5, 0.6) is 0 Å². The van der Waals surface area contributed by atoms with Gasteiger partial charge in [0, 0.05) is 6.42 Å². The molecule has 2 aromatic rings. The average molecular weight is 464 g/mol. The van der Waals surface area contributed by atoms with Gasteiger partial charge in [-0.2, -0.15) is 9.41 Å². The van der Waals surface area contributed by atoms with E-state index in [9.17, 15) is 23.0 Å². The van der Waals surface area contributed by atoms with Gasteiger partial charge in [0.1, 0.15) is 13.0 Å². The summed E-state index contributed by atoms with van der Waals surface area (Å²) in [5.41, 5.74) is 6.70. The number of ether oxygens (including phenoxy) is 1. The van der Waals surface area contributed by atoms with Crippen LogP contribution in [-0.4, -0.2) is 53.3 Å². The Morgan fingerprint density at radius 2 is 1.89 bits per heavy atom. The molecule has 0 saturated heterocycles. The lowest BCUT2D eigenvalue weighted by molar-refractivity contribution is 0.0549. The number of alkyl halides is 1. The summed E-state index contributed by atoms with van der Waals surface area (Å²) in [4.78, 5) is 39.5. The number of nitrogen functional groups attached to an aromatic ring is 1. The molecule has 3 atom stereocenters. The molecule has 0 spiro atoms. The van der Waals surface area contributed by atoms with Gasteiger partial charge >= 0.3 is 23.2 Å². The Morgan fingerprint density at radius 3 is 2.50 bits per heavy atom. The monoisotopic (exact) mass is 464 g/mol. The zero-order valence-electron chi connectivity index (χ0n) is 13.8. The van der Waals surface area contributed by atoms with Crippen LogP contribution < -0.4 is 5.73 Å². The van der Waals surface area contributed by atoms with Crippen molar-refractivity contribution in [3.63, 3.8) is 0 Å². The number of imidazole rings is 1. The van der Waals surface area contributed by atoms with Crippen LogP contribution in [0.25, 0.3) is 5.65 Å². The first kappa shape index (κ1) is 23.0. The molecule has 0 saturated carbocycles. The fourth-order valence-corrected chi connectivity index (χ4v) is 5.37. The third-order valence-corrected chi connectivity index (χ3v) is 7.02. The van der Waals surface area contributed by atoms with E-state index < -0.39 is 42.4 Å². The minimum atomic E-state index is -5.59. The first-order valence-electron chi connectivity index (χ1n) is 7.19. The van der Waals surface area contributed by atoms with Gasteiger partial charge < -0.3 is 30.0 Å². The third-order valence-electron chi connectivity index (χ3n) is 3.03. The number of phosphoric acid groups is 2. The number of fused-ring (bicyclic) bond motifs is 1. The van der Waals surface area contributed by atoms with Crippen molar-refractivity contribution >= 4 is 34.6 Å². The highest BCUT2D eigenvalue weighted by Gasteiger charge is 2.40. The molecule has 2 heterocycles. The number of hydrogen-bond donors (Lipinski definition) is 5. The molecule has 0 fully saturated rings. The second-order valence-electron chi connectivity index (χ2n) is 5.31. The Labute approximate surface area is 156 Å². The number of anilines is 1. The van der Waals surface area contributed by atoms with Crippen molar-refractivity contribution in [2.45, 2.75) is 12.5 Å². The zero-order chi connectivity index (χ0) is 21.2. The maximum atomic E-state index is 13.2. The fraction of sp³-hybridized carbons (Fsp3) is 0.400. The Bertz CT molecular complexity index is 980. The van der Waals surface area contributed by atoms with E-state index in [1.807, 2.05) is 0 Å². The van der Waals surface area contributed by atoms with Crippen LogP contribution in [0.2, 0.25) is 0 Å². The quantitative estimate of drug-likeness (QED) is 0.304. The Kier molecular flexibility index (Phi) is 7.11. The van der Waals surface area contributed by atoms with E-state index in [1.54, 1.807) is 0 Å². The first-order chi connectivity index (χ1) is 12.8. The maximum Gasteiger partial charge on any atom is 0.488 e. The van der Waals surface area contributed by atoms with E-state index in [0.717, 1.165) is 0 Å². The summed E-state index contributed by atoms with van der Waals surface area (Å²) in [7, 11) is -16.1. The van der Waals surface area contributed by atoms with Crippen molar-refractivity contribution in [2.24, 2.45) is 0 Å². The van der Waals surface area contributed by atoms with Crippen LogP contribution in [0.15, 0.2) is 18.5 Å². The van der Waals surface area contributed by atoms with Gasteiger partial charge in [0.2, 0.25) is 0 Å². The highest BCUT2D eigenvalue weighted by Crippen LogP contribution is 2.65. The summed E-state index contributed by atoms with van der Waals surface area (Å²) in [5, 5.41) is 3.99. The van der Waals surface area contributed by atoms with Crippen molar-refractivity contribution < 1.29 is 51.0 Å². The molecule has 0 radical (unpaired) electrons. The van der Waals surface area contributed by atoms with E-state index in [0.29, 0.717) is 17.0 Å². The molecule has 0 bridgehead atoms. The number of nitrogens with zero attached hydrogens (tertiary/aromatic N) is 3. The number of halogens is 1. The molecule has 3 unspecified atom stereocenters. The predicted molar refractivity (Wildman–Crippen MR) is 90.7 cm³/mol. The molecule has 0 aliphatic rings. The second-order valence-corrected chi connectivity index (χ2v) is 10.1. The molecular formula is C10H16FN4O10P3. The van der Waals surface area contributed by atoms with Crippen LogP contribution in [0.3, 0.4) is 0 Å². The summed E-state index contributed by atoms with van der Waals surface area (Å²) in [6, 6.07) is 1.50. The molecule has 158 valence electrons. The first-order valence-corrected chi connectivity index (χ1v) is 12.0. The van der Waals surface area contributed by atoms with Gasteiger partial charge in [-0.05, 0) is 6.07 Å². The molecule has 6 N–H and O–H groups in total. The summed E-state index contributed by atoms with van der Waals surface area (Å²) < 4.78 is 60.3. The zero-order valence-corrected chi connectivity index (χ0v) is 16.5. The molecular weight excluding hydrogens is 448 g/mol. The van der Waals surface area contributed by atoms with Crippen LogP contribution >= 0.6 is 23.2 Å². The number of aromatic nitrogens is 3. The molecule has 18 heteroatoms. The second kappa shape index (κ2) is 8.64. The van der Waals surface area contributed by atoms with E-state index in [1.165, 1.54) is 23.0 Å². The van der Waals surface area contributed by atoms with Gasteiger partial charge in [-0.25, -0.2) is 27.3 Å². The van der Waals surface area contributed by atoms with Crippen LogP contribution in [0, 0.1) is 0 Å². The van der Waals surface area contributed by atoms with Crippen molar-refractivity contribution in [3.8, 4) is 0 Å². The van der Waals surface area contributed by atoms with E-state index in [4.69, 9.17) is 25.2 Å². The van der Waals surface area contributed by atoms with Crippen LogP contribution in [0.4, 0.5) is 10.1 Å². The SMILES string of the molecule is Nc1ccnn2c(CC(CF)OCP(=O)(O)OP(=O)(O)OP(=O)(O)O)cnc12. The minimum Gasteiger partial charge on any atom is -0.396 e. The molecule has 14 nitrogen and oxygen atoms in total. The highest BCUT2D eigenvalue weighted by molar-refractivity contribution is 7.68. The average Bonchev–Trinajstić information content (AvgIpc) is 2.92. The maximum absolute atomic E-state index is 13.2. The van der Waals surface area contributed by atoms with Gasteiger partial charge in [-0.1, -0.05) is 0 Å². The van der Waals surface area contributed by atoms with Crippen LogP contribution in [0.1, 0.15) is 5.69 Å². The van der Waals surface area contributed by atoms with Crippen LogP contribution in [-0.2, 0) is 33.5 Å². The van der Waals surface area contributed by atoms with E-state index in [2.05, 4.69) is 18.7 Å². The molecule has 0 aliphatic carbocycles. The molecule has 2 rings (SSSR count). The highest BCUT2D eigenvalue weighted by atomic mass is 31.3. The number of rotatable bonds is 10. The molecule has 0 amide bonds. The molecule has 2 aromatic heterocycles. The van der Waals surface area contributed by atoms with Gasteiger partial charge in [0.15, 0.2) is 5.65 Å². The number of hydrogen-bond acceptors (Lipinski definition) is 9. The van der Waals surface area contributed by atoms with E-state index in [-0.39, 0.29) is 6.42 Å². The van der Waals surface area contributed by atoms with Gasteiger partial charge in [0.25, 0.3) is 0 Å². The molecule has 28 heavy (non-hydrogen) atoms. The lowest BCUT2D eigenvalue weighted by Gasteiger charge is -2.19. The van der Waals surface area contributed by atoms with Gasteiger partial charge in [-0.3, -0.25) is 4.57 Å². The number of nitrogens with two attached hydrogens (primary N) is 1. The van der Waals surface area contributed by atoms with Crippen molar-refractivity contribution in [3.05, 3.63) is 24.2 Å². The summed E-state index contributed by atoms with van der Waals surface area (Å²) >= 11 is 0. The van der Waals surface area contributed by atoms with Crippen molar-refractivity contribution in [1.82, 2.24) is 14.6 Å². The summed E-state index contributed by atoms with van der Waals surface area (Å²) in [6.07, 6.45) is 0.00420. The Morgan fingerprint density at radius 1 is 1.21 bits per heavy atom. The fourth-order valence-electron chi connectivity index (χ4n) is 2.03. The Hall–Kier alpha value is -1.24. The summed E-state index contributed by atoms with van der Waals surface area (Å²) in [5.74, 6) is 0. The van der Waals surface area contributed by atoms with Crippen molar-refractivity contribution in [1.29, 1.82) is 0 Å². The molecule has 0 aromatic carbocycles. The standard InChI is InChI=1S/C10H16FN4O10P3/c11-4-8(3-7-5-13-10-9(12)1-2-14-15(7)10)23-6-26(16,17)24-28(21,22)25-27(18,19)20/h1-2,5,8H,3-4,6,12H2,(H,16,17)(H,21,22)(H2,18,19,20). The van der Waals surface area contributed by atoms with Gasteiger partial charge in [-0.15, -0.1) is 0 Å². The minimum absolute atomic E-state index is 0.163. The molecule has 0 aliphatic heterocycles. The lowest BCUT2D eigenvalue weighted by Crippen LogP contribution is -2.20. The van der Waals surface area contributed by atoms with Gasteiger partial charge in [0.05, 0.1) is 29.9 Å². The topological polar surface area (TPSA) is 216 Å². The largest absolute Gasteiger partial charge is 0.488 e. The third kappa shape index (κ3) is 6.68. The predicted octanol–water partition coefficient (Wildman–Crippen LogP) is 0.578. The van der Waals surface area contributed by atoms with Crippen molar-refractivity contribution in [2.75, 3.05) is 18.8 Å². The summed E-state index contributed by atoms with van der Waals surface area (Å²) in [6.45, 7) is -1.12. The normalized spacial score (nSPS) is 17.9. The smallest absolute Gasteiger partial charge is 0.396 e.